The van der Waals surface area contributed by atoms with E-state index in [1.165, 1.54) is 19.3 Å². The Balaban J connectivity index is 1.83. The zero-order chi connectivity index (χ0) is 30.4. The van der Waals surface area contributed by atoms with Crippen molar-refractivity contribution in [3.63, 3.8) is 0 Å². The summed E-state index contributed by atoms with van der Waals surface area (Å²) in [4.78, 5) is 0.568. The van der Waals surface area contributed by atoms with E-state index in [4.69, 9.17) is 5.73 Å². The lowest BCUT2D eigenvalue weighted by Gasteiger charge is -2.25. The minimum absolute atomic E-state index is 0.224. The molecule has 0 amide bonds. The molecular formula is C31H50N4O4S2. The van der Waals surface area contributed by atoms with E-state index in [0.29, 0.717) is 23.1 Å². The predicted octanol–water partition coefficient (Wildman–Crippen LogP) is 5.44. The number of benzene rings is 1. The molecule has 2 aliphatic carbocycles. The Hall–Kier alpha value is -1.72. The molecule has 1 heterocycles. The Bertz CT molecular complexity index is 1470. The summed E-state index contributed by atoms with van der Waals surface area (Å²) in [5.74, 6) is 0.476. The first-order chi connectivity index (χ1) is 18.9. The summed E-state index contributed by atoms with van der Waals surface area (Å²) in [6, 6.07) is 7.29. The summed E-state index contributed by atoms with van der Waals surface area (Å²) >= 11 is 0. The van der Waals surface area contributed by atoms with Crippen LogP contribution in [0.2, 0.25) is 0 Å². The molecule has 2 fully saturated rings. The maximum atomic E-state index is 13.6. The van der Waals surface area contributed by atoms with Gasteiger partial charge in [-0.2, -0.15) is 0 Å². The van der Waals surface area contributed by atoms with E-state index in [1.54, 1.807) is 12.1 Å². The topological polar surface area (TPSA) is 123 Å². The Morgan fingerprint density at radius 3 is 2.15 bits per heavy atom. The SMILES string of the molecule is Cc1c(S(=O)(=O)NCC(C)(C)CN)cc(-c2ccc(S(=O)(=O)NC(C)(C)C)c(C3(C)CC3)c2)n1CC1CCCCC1. The highest BCUT2D eigenvalue weighted by Gasteiger charge is 2.43. The van der Waals surface area contributed by atoms with E-state index < -0.39 is 25.6 Å². The van der Waals surface area contributed by atoms with Crippen molar-refractivity contribution in [3.05, 3.63) is 35.5 Å². The van der Waals surface area contributed by atoms with Gasteiger partial charge in [0.05, 0.1) is 4.90 Å². The summed E-state index contributed by atoms with van der Waals surface area (Å²) in [5.41, 5.74) is 7.80. The Kier molecular flexibility index (Phi) is 8.96. The molecule has 0 aliphatic heterocycles. The second kappa shape index (κ2) is 11.4. The Morgan fingerprint density at radius 1 is 0.951 bits per heavy atom. The second-order valence-electron chi connectivity index (χ2n) is 14.4. The largest absolute Gasteiger partial charge is 0.343 e. The van der Waals surface area contributed by atoms with Crippen molar-refractivity contribution in [2.75, 3.05) is 13.1 Å². The van der Waals surface area contributed by atoms with Gasteiger partial charge in [-0.1, -0.05) is 46.1 Å². The van der Waals surface area contributed by atoms with Gasteiger partial charge >= 0.3 is 0 Å². The predicted molar refractivity (Wildman–Crippen MR) is 166 cm³/mol. The number of rotatable bonds is 11. The lowest BCUT2D eigenvalue weighted by atomic mass is 9.89. The third-order valence-corrected chi connectivity index (χ3v) is 12.1. The van der Waals surface area contributed by atoms with Gasteiger partial charge in [0, 0.05) is 30.0 Å². The number of nitrogens with two attached hydrogens (primary N) is 1. The van der Waals surface area contributed by atoms with Crippen LogP contribution >= 0.6 is 0 Å². The van der Waals surface area contributed by atoms with E-state index in [2.05, 4.69) is 20.9 Å². The van der Waals surface area contributed by atoms with E-state index >= 15 is 0 Å². The van der Waals surface area contributed by atoms with Crippen LogP contribution in [-0.2, 0) is 32.0 Å². The fourth-order valence-electron chi connectivity index (χ4n) is 5.75. The van der Waals surface area contributed by atoms with E-state index in [0.717, 1.165) is 49.0 Å². The minimum Gasteiger partial charge on any atom is -0.343 e. The normalized spacial score (nSPS) is 18.5. The summed E-state index contributed by atoms with van der Waals surface area (Å²) in [6.45, 7) is 14.7. The maximum Gasteiger partial charge on any atom is 0.242 e. The van der Waals surface area contributed by atoms with Crippen molar-refractivity contribution in [1.82, 2.24) is 14.0 Å². The molecule has 4 rings (SSSR count). The third kappa shape index (κ3) is 7.44. The highest BCUT2D eigenvalue weighted by Crippen LogP contribution is 2.50. The van der Waals surface area contributed by atoms with Crippen LogP contribution in [-0.4, -0.2) is 40.0 Å². The van der Waals surface area contributed by atoms with Crippen LogP contribution in [0.4, 0.5) is 0 Å². The van der Waals surface area contributed by atoms with Gasteiger partial charge in [-0.05, 0) is 106 Å². The number of nitrogens with one attached hydrogen (secondary N) is 2. The molecule has 0 unspecified atom stereocenters. The van der Waals surface area contributed by atoms with Gasteiger partial charge in [-0.15, -0.1) is 0 Å². The molecule has 230 valence electrons. The molecule has 0 radical (unpaired) electrons. The van der Waals surface area contributed by atoms with Crippen LogP contribution in [0.5, 0.6) is 0 Å². The number of hydrogen-bond donors (Lipinski definition) is 3. The molecule has 2 aromatic rings. The molecule has 2 aliphatic rings. The highest BCUT2D eigenvalue weighted by atomic mass is 32.2. The fourth-order valence-corrected chi connectivity index (χ4v) is 9.01. The molecule has 0 saturated heterocycles. The van der Waals surface area contributed by atoms with Gasteiger partial charge in [-0.25, -0.2) is 26.3 Å². The van der Waals surface area contributed by atoms with Crippen molar-refractivity contribution >= 4 is 20.0 Å². The average Bonchev–Trinajstić information content (AvgIpc) is 3.55. The van der Waals surface area contributed by atoms with Crippen LogP contribution in [0.15, 0.2) is 34.1 Å². The first-order valence-electron chi connectivity index (χ1n) is 15.0. The summed E-state index contributed by atoms with van der Waals surface area (Å²) in [6.07, 6.45) is 7.71. The minimum atomic E-state index is -3.79. The summed E-state index contributed by atoms with van der Waals surface area (Å²) in [5, 5.41) is 0. The molecule has 8 nitrogen and oxygen atoms in total. The molecular weight excluding hydrogens is 556 g/mol. The maximum absolute atomic E-state index is 13.6. The first-order valence-corrected chi connectivity index (χ1v) is 17.9. The molecule has 2 saturated carbocycles. The number of aromatic nitrogens is 1. The highest BCUT2D eigenvalue weighted by molar-refractivity contribution is 7.89. The van der Waals surface area contributed by atoms with E-state index in [1.807, 2.05) is 53.7 Å². The lowest BCUT2D eigenvalue weighted by molar-refractivity contribution is 0.318. The van der Waals surface area contributed by atoms with E-state index in [9.17, 15) is 16.8 Å². The van der Waals surface area contributed by atoms with Crippen LogP contribution < -0.4 is 15.2 Å². The van der Waals surface area contributed by atoms with Gasteiger partial charge < -0.3 is 10.3 Å². The van der Waals surface area contributed by atoms with E-state index in [-0.39, 0.29) is 22.3 Å². The first kappa shape index (κ1) is 32.2. The summed E-state index contributed by atoms with van der Waals surface area (Å²) in [7, 11) is -7.54. The zero-order valence-corrected chi connectivity index (χ0v) is 27.6. The standard InChI is InChI=1S/C31H50N4O4S2/c1-22-28(40(36,37)33-21-30(5,6)20-32)18-26(35(22)19-23-11-9-8-10-12-23)24-13-14-27(25(17-24)31(7)15-16-31)41(38,39)34-29(2,3)4/h13-14,17-18,23,33-34H,8-12,15-16,19-21,32H2,1-7H3. The van der Waals surface area contributed by atoms with Crippen LogP contribution in [0.25, 0.3) is 11.3 Å². The molecule has 0 spiro atoms. The Morgan fingerprint density at radius 2 is 1.59 bits per heavy atom. The number of hydrogen-bond acceptors (Lipinski definition) is 5. The number of nitrogens with zero attached hydrogens (tertiary/aromatic N) is 1. The van der Waals surface area contributed by atoms with Crippen molar-refractivity contribution in [2.45, 2.75) is 121 Å². The van der Waals surface area contributed by atoms with Gasteiger partial charge in [-0.3, -0.25) is 0 Å². The molecule has 0 bridgehead atoms. The lowest BCUT2D eigenvalue weighted by Crippen LogP contribution is -2.41. The molecule has 0 atom stereocenters. The molecule has 1 aromatic heterocycles. The fraction of sp³-hybridized carbons (Fsp3) is 0.677. The Labute approximate surface area is 248 Å². The van der Waals surface area contributed by atoms with Gasteiger partial charge in [0.1, 0.15) is 4.90 Å². The quantitative estimate of drug-likeness (QED) is 0.315. The zero-order valence-electron chi connectivity index (χ0n) is 25.9. The van der Waals surface area contributed by atoms with Gasteiger partial charge in [0.2, 0.25) is 20.0 Å². The van der Waals surface area contributed by atoms with Crippen LogP contribution in [0.1, 0.15) is 97.7 Å². The van der Waals surface area contributed by atoms with Crippen LogP contribution in [0.3, 0.4) is 0 Å². The number of sulfonamides is 2. The molecule has 1 aromatic carbocycles. The average molecular weight is 607 g/mol. The van der Waals surface area contributed by atoms with Gasteiger partial charge in [0.25, 0.3) is 0 Å². The van der Waals surface area contributed by atoms with Crippen molar-refractivity contribution in [3.8, 4) is 11.3 Å². The third-order valence-electron chi connectivity index (χ3n) is 8.72. The molecule has 41 heavy (non-hydrogen) atoms. The van der Waals surface area contributed by atoms with Gasteiger partial charge in [0.15, 0.2) is 0 Å². The van der Waals surface area contributed by atoms with Crippen LogP contribution in [0, 0.1) is 18.3 Å². The smallest absolute Gasteiger partial charge is 0.242 e. The monoisotopic (exact) mass is 606 g/mol. The van der Waals surface area contributed by atoms with Crippen molar-refractivity contribution < 1.29 is 16.8 Å². The second-order valence-corrected chi connectivity index (χ2v) is 17.8. The summed E-state index contributed by atoms with van der Waals surface area (Å²) < 4.78 is 61.9. The van der Waals surface area contributed by atoms with Crippen molar-refractivity contribution in [1.29, 1.82) is 0 Å². The molecule has 10 heteroatoms. The van der Waals surface area contributed by atoms with Crippen molar-refractivity contribution in [2.24, 2.45) is 17.1 Å². The molecule has 4 N–H and O–H groups in total.